The lowest BCUT2D eigenvalue weighted by atomic mass is 10.1. The summed E-state index contributed by atoms with van der Waals surface area (Å²) in [5.74, 6) is -5.14. The van der Waals surface area contributed by atoms with Gasteiger partial charge >= 0.3 is 6.18 Å². The van der Waals surface area contributed by atoms with E-state index in [0.29, 0.717) is 12.3 Å². The second kappa shape index (κ2) is 7.82. The molecule has 2 aromatic carbocycles. The summed E-state index contributed by atoms with van der Waals surface area (Å²) in [7, 11) is 0. The molecule has 1 aromatic heterocycles. The molecule has 0 aliphatic heterocycles. The first kappa shape index (κ1) is 20.2. The Labute approximate surface area is 159 Å². The Balaban J connectivity index is 1.78. The summed E-state index contributed by atoms with van der Waals surface area (Å²) < 4.78 is 84.4. The Morgan fingerprint density at radius 2 is 1.59 bits per heavy atom. The zero-order valence-corrected chi connectivity index (χ0v) is 14.2. The molecular formula is C19H10F6N2O2. The van der Waals surface area contributed by atoms with E-state index in [-0.39, 0.29) is 11.4 Å². The van der Waals surface area contributed by atoms with E-state index in [1.165, 1.54) is 24.3 Å². The molecule has 0 saturated carbocycles. The van der Waals surface area contributed by atoms with Gasteiger partial charge in [-0.1, -0.05) is 6.07 Å². The number of pyridine rings is 1. The number of amides is 1. The zero-order valence-electron chi connectivity index (χ0n) is 14.2. The second-order valence-corrected chi connectivity index (χ2v) is 5.68. The number of halogens is 6. The second-order valence-electron chi connectivity index (χ2n) is 5.68. The number of aromatic nitrogens is 1. The highest BCUT2D eigenvalue weighted by Gasteiger charge is 2.37. The molecule has 0 saturated heterocycles. The van der Waals surface area contributed by atoms with Gasteiger partial charge in [0.25, 0.3) is 5.91 Å². The van der Waals surface area contributed by atoms with E-state index in [4.69, 9.17) is 4.74 Å². The average Bonchev–Trinajstić information content (AvgIpc) is 2.62. The standard InChI is InChI=1S/C19H10F6N2O2/c20-10-8-15(17(26-9-10)19(23,24)25)29-12-6-4-11(5-7-12)27-18(28)16-13(21)2-1-3-14(16)22/h1-9H,(H,27,28). The molecule has 0 fully saturated rings. The Bertz CT molecular complexity index is 1030. The quantitative estimate of drug-likeness (QED) is 0.571. The summed E-state index contributed by atoms with van der Waals surface area (Å²) >= 11 is 0. The highest BCUT2D eigenvalue weighted by atomic mass is 19.4. The fraction of sp³-hybridized carbons (Fsp3) is 0.0526. The van der Waals surface area contributed by atoms with Gasteiger partial charge in [0.1, 0.15) is 28.8 Å². The first-order valence-electron chi connectivity index (χ1n) is 7.91. The Morgan fingerprint density at radius 3 is 2.17 bits per heavy atom. The lowest BCUT2D eigenvalue weighted by molar-refractivity contribution is -0.142. The van der Waals surface area contributed by atoms with Crippen molar-refractivity contribution < 1.29 is 35.9 Å². The molecule has 1 heterocycles. The van der Waals surface area contributed by atoms with Gasteiger partial charge in [-0.3, -0.25) is 4.79 Å². The maximum absolute atomic E-state index is 13.6. The topological polar surface area (TPSA) is 51.2 Å². The first-order chi connectivity index (χ1) is 13.6. The van der Waals surface area contributed by atoms with Crippen LogP contribution >= 0.6 is 0 Å². The van der Waals surface area contributed by atoms with Gasteiger partial charge in [0, 0.05) is 11.8 Å². The molecule has 0 aliphatic carbocycles. The van der Waals surface area contributed by atoms with Crippen LogP contribution in [0, 0.1) is 17.5 Å². The van der Waals surface area contributed by atoms with Crippen molar-refractivity contribution >= 4 is 11.6 Å². The van der Waals surface area contributed by atoms with E-state index >= 15 is 0 Å². The van der Waals surface area contributed by atoms with Gasteiger partial charge in [0.05, 0.1) is 6.20 Å². The molecular weight excluding hydrogens is 402 g/mol. The predicted molar refractivity (Wildman–Crippen MR) is 90.0 cm³/mol. The monoisotopic (exact) mass is 412 g/mol. The molecule has 0 radical (unpaired) electrons. The van der Waals surface area contributed by atoms with E-state index in [1.54, 1.807) is 0 Å². The highest BCUT2D eigenvalue weighted by molar-refractivity contribution is 6.04. The fourth-order valence-corrected chi connectivity index (χ4v) is 2.35. The van der Waals surface area contributed by atoms with Crippen LogP contribution in [0.25, 0.3) is 0 Å². The van der Waals surface area contributed by atoms with Crippen molar-refractivity contribution in [1.82, 2.24) is 4.98 Å². The van der Waals surface area contributed by atoms with E-state index in [0.717, 1.165) is 18.2 Å². The molecule has 10 heteroatoms. The summed E-state index contributed by atoms with van der Waals surface area (Å²) in [4.78, 5) is 15.0. The zero-order chi connectivity index (χ0) is 21.2. The van der Waals surface area contributed by atoms with Crippen molar-refractivity contribution in [2.45, 2.75) is 6.18 Å². The summed E-state index contributed by atoms with van der Waals surface area (Å²) in [5, 5.41) is 2.25. The number of benzene rings is 2. The van der Waals surface area contributed by atoms with Gasteiger partial charge in [-0.25, -0.2) is 18.2 Å². The Hall–Kier alpha value is -3.56. The maximum Gasteiger partial charge on any atom is 0.437 e. The first-order valence-corrected chi connectivity index (χ1v) is 7.91. The number of ether oxygens (including phenoxy) is 1. The number of nitrogens with one attached hydrogen (secondary N) is 1. The number of hydrogen-bond acceptors (Lipinski definition) is 3. The van der Waals surface area contributed by atoms with Crippen LogP contribution in [0.3, 0.4) is 0 Å². The van der Waals surface area contributed by atoms with E-state index < -0.39 is 46.5 Å². The molecule has 0 atom stereocenters. The minimum atomic E-state index is -4.86. The normalized spacial score (nSPS) is 11.2. The fourth-order valence-electron chi connectivity index (χ4n) is 2.35. The maximum atomic E-state index is 13.6. The van der Waals surface area contributed by atoms with Gasteiger partial charge in [0.2, 0.25) is 0 Å². The number of hydrogen-bond donors (Lipinski definition) is 1. The minimum Gasteiger partial charge on any atom is -0.455 e. The van der Waals surface area contributed by atoms with Crippen molar-refractivity contribution in [2.75, 3.05) is 5.32 Å². The molecule has 3 aromatic rings. The molecule has 3 rings (SSSR count). The predicted octanol–water partition coefficient (Wildman–Crippen LogP) is 5.56. The summed E-state index contributed by atoms with van der Waals surface area (Å²) in [6, 6.07) is 8.28. The van der Waals surface area contributed by atoms with E-state index in [2.05, 4.69) is 10.3 Å². The third kappa shape index (κ3) is 4.65. The molecule has 4 nitrogen and oxygen atoms in total. The molecule has 0 aliphatic rings. The minimum absolute atomic E-state index is 0.0958. The van der Waals surface area contributed by atoms with Crippen LogP contribution in [0.1, 0.15) is 16.1 Å². The summed E-state index contributed by atoms with van der Waals surface area (Å²) in [6.07, 6.45) is -4.45. The smallest absolute Gasteiger partial charge is 0.437 e. The van der Waals surface area contributed by atoms with Crippen molar-refractivity contribution in [2.24, 2.45) is 0 Å². The highest BCUT2D eigenvalue weighted by Crippen LogP contribution is 2.37. The average molecular weight is 412 g/mol. The van der Waals surface area contributed by atoms with Crippen LogP contribution in [-0.4, -0.2) is 10.9 Å². The Kier molecular flexibility index (Phi) is 5.44. The number of alkyl halides is 3. The van der Waals surface area contributed by atoms with Crippen LogP contribution in [0.4, 0.5) is 32.0 Å². The molecule has 150 valence electrons. The summed E-state index contributed by atoms with van der Waals surface area (Å²) in [6.45, 7) is 0. The van der Waals surface area contributed by atoms with Crippen molar-refractivity contribution in [3.05, 3.63) is 83.4 Å². The lowest BCUT2D eigenvalue weighted by Gasteiger charge is -2.13. The van der Waals surface area contributed by atoms with Gasteiger partial charge in [-0.2, -0.15) is 13.2 Å². The number of anilines is 1. The van der Waals surface area contributed by atoms with Gasteiger partial charge in [-0.05, 0) is 36.4 Å². The molecule has 0 spiro atoms. The van der Waals surface area contributed by atoms with Gasteiger partial charge in [-0.15, -0.1) is 0 Å². The molecule has 29 heavy (non-hydrogen) atoms. The van der Waals surface area contributed by atoms with E-state index in [9.17, 15) is 31.1 Å². The largest absolute Gasteiger partial charge is 0.455 e. The van der Waals surface area contributed by atoms with Crippen LogP contribution < -0.4 is 10.1 Å². The van der Waals surface area contributed by atoms with Crippen molar-refractivity contribution in [3.63, 3.8) is 0 Å². The van der Waals surface area contributed by atoms with Crippen LogP contribution in [0.5, 0.6) is 11.5 Å². The molecule has 1 N–H and O–H groups in total. The lowest BCUT2D eigenvalue weighted by Crippen LogP contribution is -2.15. The number of rotatable bonds is 4. The molecule has 0 unspecified atom stereocenters. The number of carbonyl (C=O) groups is 1. The van der Waals surface area contributed by atoms with Gasteiger partial charge in [0.15, 0.2) is 11.4 Å². The van der Waals surface area contributed by atoms with Crippen LogP contribution in [-0.2, 0) is 6.18 Å². The van der Waals surface area contributed by atoms with E-state index in [1.807, 2.05) is 0 Å². The molecule has 1 amide bonds. The third-order valence-corrected chi connectivity index (χ3v) is 3.62. The van der Waals surface area contributed by atoms with Crippen molar-refractivity contribution in [1.29, 1.82) is 0 Å². The third-order valence-electron chi connectivity index (χ3n) is 3.62. The van der Waals surface area contributed by atoms with Crippen LogP contribution in [0.2, 0.25) is 0 Å². The van der Waals surface area contributed by atoms with Gasteiger partial charge < -0.3 is 10.1 Å². The Morgan fingerprint density at radius 1 is 0.966 bits per heavy atom. The van der Waals surface area contributed by atoms with Crippen LogP contribution in [0.15, 0.2) is 54.7 Å². The number of carbonyl (C=O) groups excluding carboxylic acids is 1. The molecule has 0 bridgehead atoms. The summed E-state index contributed by atoms with van der Waals surface area (Å²) in [5.41, 5.74) is -2.10. The SMILES string of the molecule is O=C(Nc1ccc(Oc2cc(F)cnc2C(F)(F)F)cc1)c1c(F)cccc1F. The number of nitrogens with zero attached hydrogens (tertiary/aromatic N) is 1. The van der Waals surface area contributed by atoms with Crippen molar-refractivity contribution in [3.8, 4) is 11.5 Å².